The van der Waals surface area contributed by atoms with Gasteiger partial charge in [0.05, 0.1) is 17.2 Å². The van der Waals surface area contributed by atoms with Crippen LogP contribution in [0.1, 0.15) is 12.5 Å². The second-order valence-electron chi connectivity index (χ2n) is 5.13. The molecule has 128 valence electrons. The fraction of sp³-hybridized carbons (Fsp3) is 0.111. The molecule has 25 heavy (non-hydrogen) atoms. The number of hydrogen-bond donors (Lipinski definition) is 1. The van der Waals surface area contributed by atoms with Crippen LogP contribution in [0.25, 0.3) is 6.08 Å². The van der Waals surface area contributed by atoms with Gasteiger partial charge in [-0.1, -0.05) is 42.2 Å². The minimum atomic E-state index is -0.511. The van der Waals surface area contributed by atoms with Gasteiger partial charge in [0.1, 0.15) is 5.82 Å². The van der Waals surface area contributed by atoms with Crippen molar-refractivity contribution in [3.05, 3.63) is 58.8 Å². The minimum Gasteiger partial charge on any atom is -0.504 e. The van der Waals surface area contributed by atoms with Crippen molar-refractivity contribution in [2.24, 2.45) is 0 Å². The molecule has 1 heterocycles. The number of thioether (sulfide) groups is 1. The van der Waals surface area contributed by atoms with Gasteiger partial charge in [-0.15, -0.1) is 0 Å². The van der Waals surface area contributed by atoms with E-state index in [9.17, 15) is 14.3 Å². The number of para-hydroxylation sites is 1. The summed E-state index contributed by atoms with van der Waals surface area (Å²) in [6.07, 6.45) is 1.64. The number of anilines is 1. The lowest BCUT2D eigenvalue weighted by molar-refractivity contribution is -0.113. The number of rotatable bonds is 4. The quantitative estimate of drug-likeness (QED) is 0.636. The molecule has 1 fully saturated rings. The summed E-state index contributed by atoms with van der Waals surface area (Å²) in [5, 5.41) is 9.75. The van der Waals surface area contributed by atoms with E-state index in [-0.39, 0.29) is 21.7 Å². The van der Waals surface area contributed by atoms with Gasteiger partial charge in [0.2, 0.25) is 0 Å². The van der Waals surface area contributed by atoms with E-state index < -0.39 is 5.82 Å². The number of ether oxygens (including phenoxy) is 1. The van der Waals surface area contributed by atoms with E-state index in [1.807, 2.05) is 6.92 Å². The summed E-state index contributed by atoms with van der Waals surface area (Å²) in [7, 11) is 0. The van der Waals surface area contributed by atoms with E-state index in [0.29, 0.717) is 22.8 Å². The molecule has 7 heteroatoms. The van der Waals surface area contributed by atoms with Gasteiger partial charge in [-0.2, -0.15) is 0 Å². The first-order chi connectivity index (χ1) is 12.0. The van der Waals surface area contributed by atoms with Gasteiger partial charge >= 0.3 is 0 Å². The predicted octanol–water partition coefficient (Wildman–Crippen LogP) is 4.34. The SMILES string of the molecule is CCOc1cc(C=C2SC(=S)N(c3ccccc3F)C2=O)ccc1O. The minimum absolute atomic E-state index is 0.0258. The second kappa shape index (κ2) is 7.25. The van der Waals surface area contributed by atoms with Crippen molar-refractivity contribution in [2.75, 3.05) is 11.5 Å². The van der Waals surface area contributed by atoms with Crippen molar-refractivity contribution in [1.29, 1.82) is 0 Å². The number of nitrogens with zero attached hydrogens (tertiary/aromatic N) is 1. The van der Waals surface area contributed by atoms with Crippen LogP contribution in [0.15, 0.2) is 47.4 Å². The average molecular weight is 375 g/mol. The van der Waals surface area contributed by atoms with Crippen LogP contribution in [0.2, 0.25) is 0 Å². The number of phenols is 1. The highest BCUT2D eigenvalue weighted by atomic mass is 32.2. The topological polar surface area (TPSA) is 49.8 Å². The third-order valence-electron chi connectivity index (χ3n) is 3.47. The number of carbonyl (C=O) groups is 1. The van der Waals surface area contributed by atoms with Crippen LogP contribution in [0.5, 0.6) is 11.5 Å². The maximum absolute atomic E-state index is 14.0. The first-order valence-electron chi connectivity index (χ1n) is 7.49. The van der Waals surface area contributed by atoms with Crippen LogP contribution in [-0.2, 0) is 4.79 Å². The third-order valence-corrected chi connectivity index (χ3v) is 4.77. The number of hydrogen-bond acceptors (Lipinski definition) is 5. The van der Waals surface area contributed by atoms with Gasteiger partial charge in [-0.25, -0.2) is 4.39 Å². The molecule has 2 aromatic carbocycles. The molecule has 0 aromatic heterocycles. The molecule has 1 saturated heterocycles. The summed E-state index contributed by atoms with van der Waals surface area (Å²) in [5.74, 6) is -0.534. The first kappa shape index (κ1) is 17.4. The number of amides is 1. The zero-order chi connectivity index (χ0) is 18.0. The molecular formula is C18H14FNO3S2. The van der Waals surface area contributed by atoms with E-state index in [1.54, 1.807) is 30.3 Å². The van der Waals surface area contributed by atoms with Gasteiger partial charge < -0.3 is 9.84 Å². The summed E-state index contributed by atoms with van der Waals surface area (Å²) in [4.78, 5) is 14.2. The van der Waals surface area contributed by atoms with Crippen LogP contribution in [0.4, 0.5) is 10.1 Å². The molecule has 0 bridgehead atoms. The molecule has 0 saturated carbocycles. The monoisotopic (exact) mass is 375 g/mol. The highest BCUT2D eigenvalue weighted by molar-refractivity contribution is 8.27. The van der Waals surface area contributed by atoms with E-state index in [2.05, 4.69) is 0 Å². The van der Waals surface area contributed by atoms with Crippen molar-refractivity contribution in [1.82, 2.24) is 0 Å². The highest BCUT2D eigenvalue weighted by Crippen LogP contribution is 2.37. The van der Waals surface area contributed by atoms with Crippen molar-refractivity contribution < 1.29 is 19.0 Å². The Balaban J connectivity index is 1.93. The highest BCUT2D eigenvalue weighted by Gasteiger charge is 2.34. The smallest absolute Gasteiger partial charge is 0.270 e. The number of carbonyl (C=O) groups excluding carboxylic acids is 1. The molecule has 1 aliphatic rings. The van der Waals surface area contributed by atoms with Crippen LogP contribution in [0.3, 0.4) is 0 Å². The van der Waals surface area contributed by atoms with Crippen LogP contribution in [0, 0.1) is 5.82 Å². The van der Waals surface area contributed by atoms with E-state index in [4.69, 9.17) is 17.0 Å². The second-order valence-corrected chi connectivity index (χ2v) is 6.80. The lowest BCUT2D eigenvalue weighted by Gasteiger charge is -2.14. The van der Waals surface area contributed by atoms with Crippen LogP contribution in [-0.4, -0.2) is 21.9 Å². The molecule has 0 radical (unpaired) electrons. The Morgan fingerprint density at radius 2 is 2.08 bits per heavy atom. The molecular weight excluding hydrogens is 361 g/mol. The Morgan fingerprint density at radius 1 is 1.32 bits per heavy atom. The van der Waals surface area contributed by atoms with Gasteiger partial charge in [0.25, 0.3) is 5.91 Å². The van der Waals surface area contributed by atoms with Crippen LogP contribution >= 0.6 is 24.0 Å². The van der Waals surface area contributed by atoms with E-state index in [0.717, 1.165) is 11.8 Å². The Hall–Kier alpha value is -2.38. The lowest BCUT2D eigenvalue weighted by atomic mass is 10.2. The molecule has 1 aliphatic heterocycles. The largest absolute Gasteiger partial charge is 0.504 e. The van der Waals surface area contributed by atoms with Gasteiger partial charge in [0, 0.05) is 0 Å². The molecule has 2 aromatic rings. The first-order valence-corrected chi connectivity index (χ1v) is 8.72. The van der Waals surface area contributed by atoms with Gasteiger partial charge in [-0.3, -0.25) is 9.69 Å². The zero-order valence-electron chi connectivity index (χ0n) is 13.2. The number of aromatic hydroxyl groups is 1. The molecule has 1 N–H and O–H groups in total. The third kappa shape index (κ3) is 3.52. The standard InChI is InChI=1S/C18H14FNO3S2/c1-2-23-15-9-11(7-8-14(15)21)10-16-17(22)20(18(24)25-16)13-6-4-3-5-12(13)19/h3-10,21H,2H2,1H3. The normalized spacial score (nSPS) is 15.9. The Bertz CT molecular complexity index is 882. The molecule has 4 nitrogen and oxygen atoms in total. The predicted molar refractivity (Wildman–Crippen MR) is 101 cm³/mol. The lowest BCUT2D eigenvalue weighted by Crippen LogP contribution is -2.28. The van der Waals surface area contributed by atoms with E-state index >= 15 is 0 Å². The summed E-state index contributed by atoms with van der Waals surface area (Å²) in [6, 6.07) is 10.8. The fourth-order valence-electron chi connectivity index (χ4n) is 2.35. The number of halogens is 1. The summed E-state index contributed by atoms with van der Waals surface area (Å²) in [5.41, 5.74) is 0.810. The van der Waals surface area contributed by atoms with Gasteiger partial charge in [-0.05, 0) is 42.8 Å². The van der Waals surface area contributed by atoms with E-state index in [1.165, 1.54) is 23.1 Å². The summed E-state index contributed by atoms with van der Waals surface area (Å²) in [6.45, 7) is 2.22. The Labute approximate surface area is 153 Å². The maximum Gasteiger partial charge on any atom is 0.270 e. The summed E-state index contributed by atoms with van der Waals surface area (Å²) >= 11 is 6.34. The van der Waals surface area contributed by atoms with Crippen molar-refractivity contribution >= 4 is 46.0 Å². The molecule has 0 atom stereocenters. The maximum atomic E-state index is 14.0. The van der Waals surface area contributed by atoms with Crippen LogP contribution < -0.4 is 9.64 Å². The number of thiocarbonyl (C=S) groups is 1. The van der Waals surface area contributed by atoms with Gasteiger partial charge in [0.15, 0.2) is 15.8 Å². The molecule has 0 unspecified atom stereocenters. The summed E-state index contributed by atoms with van der Waals surface area (Å²) < 4.78 is 19.6. The Kier molecular flexibility index (Phi) is 5.06. The van der Waals surface area contributed by atoms with Crippen molar-refractivity contribution in [3.63, 3.8) is 0 Å². The zero-order valence-corrected chi connectivity index (χ0v) is 14.9. The molecule has 3 rings (SSSR count). The van der Waals surface area contributed by atoms with Crippen molar-refractivity contribution in [2.45, 2.75) is 6.92 Å². The fourth-order valence-corrected chi connectivity index (χ4v) is 3.64. The molecule has 1 amide bonds. The Morgan fingerprint density at radius 3 is 2.80 bits per heavy atom. The number of phenolic OH excluding ortho intramolecular Hbond substituents is 1. The van der Waals surface area contributed by atoms with Crippen molar-refractivity contribution in [3.8, 4) is 11.5 Å². The molecule has 0 aliphatic carbocycles. The average Bonchev–Trinajstić information content (AvgIpc) is 2.85. The number of benzene rings is 2. The molecule has 0 spiro atoms.